The largest absolute Gasteiger partial charge is 0.468 e. The second kappa shape index (κ2) is 11.2. The molecule has 0 unspecified atom stereocenters. The number of hydrogen-bond acceptors (Lipinski definition) is 5. The van der Waals surface area contributed by atoms with E-state index in [1.807, 2.05) is 91.0 Å². The zero-order chi connectivity index (χ0) is 23.7. The second-order valence-electron chi connectivity index (χ2n) is 7.51. The van der Waals surface area contributed by atoms with Gasteiger partial charge in [-0.1, -0.05) is 97.1 Å². The smallest absolute Gasteiger partial charge is 0.320 e. The maximum atomic E-state index is 12.4. The Bertz CT molecular complexity index is 935. The van der Waals surface area contributed by atoms with Gasteiger partial charge in [0.05, 0.1) is 20.8 Å². The molecule has 0 heterocycles. The van der Waals surface area contributed by atoms with Crippen LogP contribution in [0.25, 0.3) is 0 Å². The summed E-state index contributed by atoms with van der Waals surface area (Å²) in [5, 5.41) is 0. The van der Waals surface area contributed by atoms with Crippen molar-refractivity contribution in [1.29, 1.82) is 0 Å². The molecule has 3 rings (SSSR count). The Morgan fingerprint density at radius 2 is 1.12 bits per heavy atom. The second-order valence-corrected chi connectivity index (χ2v) is 7.51. The van der Waals surface area contributed by atoms with Gasteiger partial charge in [-0.15, -0.1) is 6.58 Å². The molecule has 0 aliphatic heterocycles. The predicted octanol–water partition coefficient (Wildman–Crippen LogP) is 4.76. The highest BCUT2D eigenvalue weighted by molar-refractivity contribution is 5.95. The number of ether oxygens (including phenoxy) is 3. The molecule has 170 valence electrons. The van der Waals surface area contributed by atoms with E-state index in [9.17, 15) is 9.59 Å². The van der Waals surface area contributed by atoms with E-state index in [-0.39, 0.29) is 6.61 Å². The normalized spacial score (nSPS) is 12.1. The standard InChI is InChI=1S/C28H28O5/c1-4-21(25(26(29)31-2)27(30)32-3)20-33-28(22-14-8-5-9-15-22,23-16-10-6-11-17-23)24-18-12-7-13-19-24/h4-19,21,25H,1,20H2,2-3H3/t21-/m0/s1. The molecule has 3 aromatic carbocycles. The van der Waals surface area contributed by atoms with Gasteiger partial charge < -0.3 is 14.2 Å². The van der Waals surface area contributed by atoms with Crippen LogP contribution < -0.4 is 0 Å². The molecule has 0 N–H and O–H groups in total. The average Bonchev–Trinajstić information content (AvgIpc) is 2.89. The molecule has 0 saturated carbocycles. The van der Waals surface area contributed by atoms with Gasteiger partial charge >= 0.3 is 11.9 Å². The predicted molar refractivity (Wildman–Crippen MR) is 126 cm³/mol. The van der Waals surface area contributed by atoms with Crippen molar-refractivity contribution in [2.24, 2.45) is 11.8 Å². The van der Waals surface area contributed by atoms with Crippen molar-refractivity contribution in [2.45, 2.75) is 5.60 Å². The first-order chi connectivity index (χ1) is 16.1. The first-order valence-electron chi connectivity index (χ1n) is 10.7. The summed E-state index contributed by atoms with van der Waals surface area (Å²) in [4.78, 5) is 24.8. The van der Waals surface area contributed by atoms with Gasteiger partial charge in [-0.05, 0) is 16.7 Å². The van der Waals surface area contributed by atoms with E-state index in [2.05, 4.69) is 6.58 Å². The van der Waals surface area contributed by atoms with Gasteiger partial charge in [0.2, 0.25) is 0 Å². The summed E-state index contributed by atoms with van der Waals surface area (Å²) >= 11 is 0. The van der Waals surface area contributed by atoms with Crippen LogP contribution in [0.1, 0.15) is 16.7 Å². The minimum Gasteiger partial charge on any atom is -0.468 e. The Labute approximate surface area is 194 Å². The number of methoxy groups -OCH3 is 2. The molecule has 0 aliphatic carbocycles. The monoisotopic (exact) mass is 444 g/mol. The molecule has 0 amide bonds. The highest BCUT2D eigenvalue weighted by atomic mass is 16.5. The molecule has 3 aromatic rings. The third-order valence-corrected chi connectivity index (χ3v) is 5.67. The summed E-state index contributed by atoms with van der Waals surface area (Å²) in [6, 6.07) is 29.6. The van der Waals surface area contributed by atoms with Crippen molar-refractivity contribution in [2.75, 3.05) is 20.8 Å². The fourth-order valence-corrected chi connectivity index (χ4v) is 3.99. The lowest BCUT2D eigenvalue weighted by Crippen LogP contribution is -2.39. The quantitative estimate of drug-likeness (QED) is 0.195. The van der Waals surface area contributed by atoms with E-state index in [0.29, 0.717) is 0 Å². The van der Waals surface area contributed by atoms with Gasteiger partial charge in [0.1, 0.15) is 5.60 Å². The van der Waals surface area contributed by atoms with Crippen molar-refractivity contribution in [1.82, 2.24) is 0 Å². The number of benzene rings is 3. The van der Waals surface area contributed by atoms with Crippen LogP contribution in [0.4, 0.5) is 0 Å². The van der Waals surface area contributed by atoms with Gasteiger partial charge in [-0.3, -0.25) is 9.59 Å². The van der Waals surface area contributed by atoms with Gasteiger partial charge in [0.25, 0.3) is 0 Å². The molecule has 5 nitrogen and oxygen atoms in total. The molecule has 33 heavy (non-hydrogen) atoms. The molecule has 0 aliphatic rings. The topological polar surface area (TPSA) is 61.8 Å². The molecule has 0 fully saturated rings. The van der Waals surface area contributed by atoms with Crippen molar-refractivity contribution in [3.8, 4) is 0 Å². The maximum Gasteiger partial charge on any atom is 0.320 e. The van der Waals surface area contributed by atoms with Gasteiger partial charge in [0, 0.05) is 5.92 Å². The lowest BCUT2D eigenvalue weighted by molar-refractivity contribution is -0.162. The first-order valence-corrected chi connectivity index (χ1v) is 10.7. The van der Waals surface area contributed by atoms with Gasteiger partial charge in [-0.25, -0.2) is 0 Å². The first kappa shape index (κ1) is 24.0. The van der Waals surface area contributed by atoms with E-state index < -0.39 is 29.4 Å². The molecular weight excluding hydrogens is 416 g/mol. The fraction of sp³-hybridized carbons (Fsp3) is 0.214. The maximum absolute atomic E-state index is 12.4. The Kier molecular flexibility index (Phi) is 8.17. The van der Waals surface area contributed by atoms with E-state index in [0.717, 1.165) is 16.7 Å². The number of carbonyl (C=O) groups is 2. The molecule has 0 saturated heterocycles. The minimum atomic E-state index is -1.18. The van der Waals surface area contributed by atoms with Crippen LogP contribution in [0, 0.1) is 11.8 Å². The number of rotatable bonds is 10. The fourth-order valence-electron chi connectivity index (χ4n) is 3.99. The number of hydrogen-bond donors (Lipinski definition) is 0. The van der Waals surface area contributed by atoms with Crippen LogP contribution >= 0.6 is 0 Å². The summed E-state index contributed by atoms with van der Waals surface area (Å²) in [5.74, 6) is -3.24. The Morgan fingerprint density at radius 1 is 0.758 bits per heavy atom. The number of esters is 2. The zero-order valence-electron chi connectivity index (χ0n) is 18.8. The molecule has 0 aromatic heterocycles. The molecule has 0 radical (unpaired) electrons. The molecule has 1 atom stereocenters. The average molecular weight is 445 g/mol. The highest BCUT2D eigenvalue weighted by Gasteiger charge is 2.41. The molecule has 0 bridgehead atoms. The Balaban J connectivity index is 2.13. The molecule has 0 spiro atoms. The van der Waals surface area contributed by atoms with Crippen LogP contribution in [0.15, 0.2) is 104 Å². The third kappa shape index (κ3) is 5.04. The van der Waals surface area contributed by atoms with E-state index >= 15 is 0 Å². The third-order valence-electron chi connectivity index (χ3n) is 5.67. The van der Waals surface area contributed by atoms with Crippen LogP contribution in [-0.2, 0) is 29.4 Å². The highest BCUT2D eigenvalue weighted by Crippen LogP contribution is 2.41. The summed E-state index contributed by atoms with van der Waals surface area (Å²) in [5.41, 5.74) is 1.76. The Hall–Kier alpha value is -3.70. The van der Waals surface area contributed by atoms with E-state index in [1.165, 1.54) is 20.3 Å². The molecule has 5 heteroatoms. The number of carbonyl (C=O) groups excluding carboxylic acids is 2. The van der Waals surface area contributed by atoms with Crippen molar-refractivity contribution in [3.05, 3.63) is 120 Å². The lowest BCUT2D eigenvalue weighted by Gasteiger charge is -2.37. The van der Waals surface area contributed by atoms with Crippen LogP contribution in [-0.4, -0.2) is 32.8 Å². The van der Waals surface area contributed by atoms with Crippen molar-refractivity contribution < 1.29 is 23.8 Å². The van der Waals surface area contributed by atoms with Crippen molar-refractivity contribution in [3.63, 3.8) is 0 Å². The summed E-state index contributed by atoms with van der Waals surface area (Å²) in [7, 11) is 2.48. The minimum absolute atomic E-state index is 0.0249. The van der Waals surface area contributed by atoms with Crippen LogP contribution in [0.3, 0.4) is 0 Å². The Morgan fingerprint density at radius 3 is 1.42 bits per heavy atom. The van der Waals surface area contributed by atoms with Crippen LogP contribution in [0.2, 0.25) is 0 Å². The lowest BCUT2D eigenvalue weighted by atomic mass is 9.79. The summed E-state index contributed by atoms with van der Waals surface area (Å²) in [6.07, 6.45) is 1.53. The van der Waals surface area contributed by atoms with Crippen LogP contribution in [0.5, 0.6) is 0 Å². The summed E-state index contributed by atoms with van der Waals surface area (Å²) in [6.45, 7) is 3.86. The van der Waals surface area contributed by atoms with E-state index in [4.69, 9.17) is 14.2 Å². The van der Waals surface area contributed by atoms with Crippen molar-refractivity contribution >= 4 is 11.9 Å². The van der Waals surface area contributed by atoms with E-state index in [1.54, 1.807) is 0 Å². The zero-order valence-corrected chi connectivity index (χ0v) is 18.8. The van der Waals surface area contributed by atoms with Gasteiger partial charge in [0.15, 0.2) is 5.92 Å². The molecular formula is C28H28O5. The summed E-state index contributed by atoms with van der Waals surface area (Å²) < 4.78 is 16.4. The SMILES string of the molecule is C=C[C@@H](COC(c1ccccc1)(c1ccccc1)c1ccccc1)C(C(=O)OC)C(=O)OC. The van der Waals surface area contributed by atoms with Gasteiger partial charge in [-0.2, -0.15) is 0 Å².